The number of ether oxygens (including phenoxy) is 1. The molecule has 4 aromatic rings. The zero-order chi connectivity index (χ0) is 29.5. The van der Waals surface area contributed by atoms with Crippen LogP contribution in [-0.4, -0.2) is 24.6 Å². The molecule has 1 atom stereocenters. The van der Waals surface area contributed by atoms with Gasteiger partial charge in [-0.3, -0.25) is 4.90 Å². The number of hydrogen-bond donors (Lipinski definition) is 1. The number of halogens is 6. The lowest BCUT2D eigenvalue weighted by molar-refractivity contribution is -0.137. The molecule has 0 radical (unpaired) electrons. The Balaban J connectivity index is 0.00000264. The third-order valence-corrected chi connectivity index (χ3v) is 8.33. The van der Waals surface area contributed by atoms with Crippen molar-refractivity contribution >= 4 is 36.4 Å². The molecule has 5 rings (SSSR count). The van der Waals surface area contributed by atoms with Gasteiger partial charge in [0.2, 0.25) is 0 Å². The molecule has 1 saturated carbocycles. The van der Waals surface area contributed by atoms with Gasteiger partial charge in [-0.25, -0.2) is 0 Å². The molecule has 0 saturated heterocycles. The molecular formula is C35H38Cl3F3N2O. The monoisotopic (exact) mass is 664 g/mol. The van der Waals surface area contributed by atoms with Crippen molar-refractivity contribution in [3.05, 3.63) is 136 Å². The summed E-state index contributed by atoms with van der Waals surface area (Å²) in [7, 11) is 0. The third-order valence-electron chi connectivity index (χ3n) is 7.88. The van der Waals surface area contributed by atoms with E-state index in [4.69, 9.17) is 22.1 Å². The molecule has 1 unspecified atom stereocenters. The van der Waals surface area contributed by atoms with Gasteiger partial charge >= 0.3 is 6.18 Å². The first kappa shape index (κ1) is 35.7. The van der Waals surface area contributed by atoms with Gasteiger partial charge in [-0.1, -0.05) is 96.5 Å². The molecule has 236 valence electrons. The minimum Gasteiger partial charge on any atom is -0.494 e. The number of hydrogen-bond acceptors (Lipinski definition) is 3. The van der Waals surface area contributed by atoms with Crippen LogP contribution in [0.1, 0.15) is 59.0 Å². The molecule has 0 spiro atoms. The van der Waals surface area contributed by atoms with Gasteiger partial charge in [0.15, 0.2) is 0 Å². The highest BCUT2D eigenvalue weighted by Crippen LogP contribution is 2.40. The Bertz CT molecular complexity index is 1400. The molecular weight excluding hydrogens is 628 g/mol. The van der Waals surface area contributed by atoms with Gasteiger partial charge in [-0.2, -0.15) is 13.2 Å². The summed E-state index contributed by atoms with van der Waals surface area (Å²) in [6.07, 6.45) is -1.49. The van der Waals surface area contributed by atoms with Crippen LogP contribution in [0.5, 0.6) is 5.75 Å². The maximum atomic E-state index is 13.6. The highest BCUT2D eigenvalue weighted by atomic mass is 35.5. The average Bonchev–Trinajstić information content (AvgIpc) is 3.85. The molecule has 4 aromatic carbocycles. The zero-order valence-corrected chi connectivity index (χ0v) is 26.6. The van der Waals surface area contributed by atoms with E-state index >= 15 is 0 Å². The fourth-order valence-corrected chi connectivity index (χ4v) is 5.74. The van der Waals surface area contributed by atoms with E-state index in [1.807, 2.05) is 60.7 Å². The lowest BCUT2D eigenvalue weighted by atomic mass is 9.90. The van der Waals surface area contributed by atoms with Gasteiger partial charge < -0.3 is 10.5 Å². The second-order valence-corrected chi connectivity index (χ2v) is 11.4. The largest absolute Gasteiger partial charge is 0.494 e. The van der Waals surface area contributed by atoms with E-state index < -0.39 is 11.7 Å². The molecule has 1 aliphatic carbocycles. The number of nitrogens with two attached hydrogens (primary N) is 1. The SMILES string of the molecule is Cl.Cl.NC(c1cccc(OCCCN(Cc2cccc(C(F)(F)F)c2Cl)CC(c2ccccc2)c2ccccc2)c1)C1CC1. The lowest BCUT2D eigenvalue weighted by Crippen LogP contribution is -2.31. The van der Waals surface area contributed by atoms with E-state index in [1.54, 1.807) is 6.07 Å². The van der Waals surface area contributed by atoms with Crippen molar-refractivity contribution in [2.45, 2.75) is 43.9 Å². The Kier molecular flexibility index (Phi) is 13.4. The highest BCUT2D eigenvalue weighted by molar-refractivity contribution is 6.32. The predicted molar refractivity (Wildman–Crippen MR) is 177 cm³/mol. The van der Waals surface area contributed by atoms with Gasteiger partial charge in [0, 0.05) is 31.6 Å². The van der Waals surface area contributed by atoms with Gasteiger partial charge in [-0.05, 0) is 65.6 Å². The summed E-state index contributed by atoms with van der Waals surface area (Å²) >= 11 is 6.33. The molecule has 0 aliphatic heterocycles. The van der Waals surface area contributed by atoms with E-state index in [0.717, 1.165) is 28.5 Å². The molecule has 1 fully saturated rings. The second kappa shape index (κ2) is 16.5. The Morgan fingerprint density at radius 1 is 0.818 bits per heavy atom. The number of nitrogens with zero attached hydrogens (tertiary/aromatic N) is 1. The first-order chi connectivity index (χ1) is 20.3. The van der Waals surface area contributed by atoms with Crippen molar-refractivity contribution < 1.29 is 17.9 Å². The highest BCUT2D eigenvalue weighted by Gasteiger charge is 2.34. The van der Waals surface area contributed by atoms with Crippen molar-refractivity contribution in [3.8, 4) is 5.75 Å². The first-order valence-electron chi connectivity index (χ1n) is 14.4. The molecule has 3 nitrogen and oxygen atoms in total. The van der Waals surface area contributed by atoms with Gasteiger partial charge in [0.25, 0.3) is 0 Å². The topological polar surface area (TPSA) is 38.5 Å². The van der Waals surface area contributed by atoms with Crippen molar-refractivity contribution in [1.29, 1.82) is 0 Å². The van der Waals surface area contributed by atoms with Crippen molar-refractivity contribution in [2.75, 3.05) is 19.7 Å². The van der Waals surface area contributed by atoms with Gasteiger partial charge in [-0.15, -0.1) is 24.8 Å². The third kappa shape index (κ3) is 9.63. The fourth-order valence-electron chi connectivity index (χ4n) is 5.45. The van der Waals surface area contributed by atoms with E-state index in [9.17, 15) is 13.2 Å². The van der Waals surface area contributed by atoms with Crippen LogP contribution >= 0.6 is 36.4 Å². The standard InChI is InChI=1S/C35H36ClF3N2O.2ClH/c36-33-29(15-8-17-32(33)35(37,38)39)23-41(24-31(25-10-3-1-4-11-25)26-12-5-2-6-13-26)20-9-21-42-30-16-7-14-28(22-30)34(40)27-18-19-27;;/h1-8,10-17,22,27,31,34H,9,18-21,23-24,40H2;2*1H. The smallest absolute Gasteiger partial charge is 0.417 e. The van der Waals surface area contributed by atoms with E-state index in [0.29, 0.717) is 37.6 Å². The molecule has 0 heterocycles. The van der Waals surface area contributed by atoms with Crippen LogP contribution in [0.4, 0.5) is 13.2 Å². The fraction of sp³-hybridized carbons (Fsp3) is 0.314. The minimum atomic E-state index is -4.51. The maximum absolute atomic E-state index is 13.6. The summed E-state index contributed by atoms with van der Waals surface area (Å²) in [5.41, 5.74) is 9.40. The summed E-state index contributed by atoms with van der Waals surface area (Å²) in [6.45, 7) is 1.97. The zero-order valence-electron chi connectivity index (χ0n) is 24.3. The summed E-state index contributed by atoms with van der Waals surface area (Å²) in [5, 5.41) is -0.244. The van der Waals surface area contributed by atoms with Crippen LogP contribution in [0.15, 0.2) is 103 Å². The van der Waals surface area contributed by atoms with Crippen LogP contribution in [0.25, 0.3) is 0 Å². The molecule has 0 amide bonds. The van der Waals surface area contributed by atoms with Crippen molar-refractivity contribution in [1.82, 2.24) is 4.90 Å². The Morgan fingerprint density at radius 3 is 2.00 bits per heavy atom. The average molecular weight is 666 g/mol. The predicted octanol–water partition coefficient (Wildman–Crippen LogP) is 9.72. The van der Waals surface area contributed by atoms with E-state index in [2.05, 4.69) is 29.2 Å². The number of alkyl halides is 3. The van der Waals surface area contributed by atoms with E-state index in [-0.39, 0.29) is 48.3 Å². The Hall–Kier alpha value is -2.74. The normalized spacial score (nSPS) is 13.7. The van der Waals surface area contributed by atoms with Crippen molar-refractivity contribution in [2.24, 2.45) is 11.7 Å². The number of rotatable bonds is 13. The molecule has 0 aromatic heterocycles. The quantitative estimate of drug-likeness (QED) is 0.145. The summed E-state index contributed by atoms with van der Waals surface area (Å²) in [5.74, 6) is 1.36. The summed E-state index contributed by atoms with van der Waals surface area (Å²) < 4.78 is 47.0. The Labute approximate surface area is 275 Å². The van der Waals surface area contributed by atoms with Crippen LogP contribution in [0, 0.1) is 5.92 Å². The molecule has 1 aliphatic rings. The molecule has 9 heteroatoms. The lowest BCUT2D eigenvalue weighted by Gasteiger charge is -2.29. The van der Waals surface area contributed by atoms with Crippen LogP contribution < -0.4 is 10.5 Å². The van der Waals surface area contributed by atoms with Crippen molar-refractivity contribution in [3.63, 3.8) is 0 Å². The summed E-state index contributed by atoms with van der Waals surface area (Å²) in [4.78, 5) is 2.18. The van der Waals surface area contributed by atoms with Gasteiger partial charge in [0.05, 0.1) is 17.2 Å². The number of benzene rings is 4. The maximum Gasteiger partial charge on any atom is 0.417 e. The molecule has 44 heavy (non-hydrogen) atoms. The first-order valence-corrected chi connectivity index (χ1v) is 14.8. The van der Waals surface area contributed by atoms with Gasteiger partial charge in [0.1, 0.15) is 5.75 Å². The van der Waals surface area contributed by atoms with Crippen LogP contribution in [-0.2, 0) is 12.7 Å². The summed E-state index contributed by atoms with van der Waals surface area (Å²) in [6, 6.07) is 32.5. The Morgan fingerprint density at radius 2 is 1.41 bits per heavy atom. The van der Waals surface area contributed by atoms with Crippen LogP contribution in [0.2, 0.25) is 5.02 Å². The molecule has 2 N–H and O–H groups in total. The minimum absolute atomic E-state index is 0. The van der Waals surface area contributed by atoms with E-state index in [1.165, 1.54) is 18.9 Å². The molecule has 0 bridgehead atoms. The second-order valence-electron chi connectivity index (χ2n) is 11.0. The van der Waals surface area contributed by atoms with Crippen LogP contribution in [0.3, 0.4) is 0 Å².